The Bertz CT molecular complexity index is 322. The van der Waals surface area contributed by atoms with Gasteiger partial charge in [0.05, 0.1) is 6.10 Å². The number of nitrogens with one attached hydrogen (secondary N) is 1. The van der Waals surface area contributed by atoms with Crippen LogP contribution in [0.2, 0.25) is 10.0 Å². The smallest absolute Gasteiger partial charge is 0.0636 e. The first-order chi connectivity index (χ1) is 7.56. The molecule has 16 heavy (non-hydrogen) atoms. The van der Waals surface area contributed by atoms with Gasteiger partial charge in [-0.05, 0) is 25.5 Å². The molecule has 90 valence electrons. The van der Waals surface area contributed by atoms with Crippen molar-refractivity contribution in [3.05, 3.63) is 33.8 Å². The number of benzene rings is 1. The van der Waals surface area contributed by atoms with Crippen LogP contribution in [0.1, 0.15) is 31.9 Å². The summed E-state index contributed by atoms with van der Waals surface area (Å²) >= 11 is 12.3. The summed E-state index contributed by atoms with van der Waals surface area (Å²) in [4.78, 5) is 0. The van der Waals surface area contributed by atoms with Crippen LogP contribution in [0.25, 0.3) is 0 Å². The van der Waals surface area contributed by atoms with E-state index in [1.807, 2.05) is 18.2 Å². The summed E-state index contributed by atoms with van der Waals surface area (Å²) in [7, 11) is 0. The van der Waals surface area contributed by atoms with Crippen LogP contribution < -0.4 is 5.32 Å². The maximum absolute atomic E-state index is 9.25. The molecule has 0 spiro atoms. The molecule has 2 atom stereocenters. The topological polar surface area (TPSA) is 32.3 Å². The van der Waals surface area contributed by atoms with Crippen LogP contribution in [0, 0.1) is 0 Å². The lowest BCUT2D eigenvalue weighted by atomic mass is 10.0. The Morgan fingerprint density at radius 3 is 2.31 bits per heavy atom. The molecule has 0 aromatic heterocycles. The van der Waals surface area contributed by atoms with Crippen LogP contribution in [0.15, 0.2) is 18.2 Å². The molecule has 0 bridgehead atoms. The molecule has 1 rings (SSSR count). The summed E-state index contributed by atoms with van der Waals surface area (Å²) in [6, 6.07) is 5.57. The van der Waals surface area contributed by atoms with E-state index in [1.54, 1.807) is 6.92 Å². The third kappa shape index (κ3) is 3.63. The molecule has 1 aromatic rings. The van der Waals surface area contributed by atoms with E-state index in [-0.39, 0.29) is 12.1 Å². The molecule has 0 aliphatic rings. The average Bonchev–Trinajstić information content (AvgIpc) is 2.22. The molecule has 2 N–H and O–H groups in total. The Kier molecular flexibility index (Phi) is 5.56. The van der Waals surface area contributed by atoms with Crippen molar-refractivity contribution in [2.45, 2.75) is 32.4 Å². The van der Waals surface area contributed by atoms with Gasteiger partial charge in [0.25, 0.3) is 0 Å². The van der Waals surface area contributed by atoms with Crippen LogP contribution in [0.3, 0.4) is 0 Å². The maximum atomic E-state index is 9.25. The van der Waals surface area contributed by atoms with Crippen molar-refractivity contribution >= 4 is 23.2 Å². The summed E-state index contributed by atoms with van der Waals surface area (Å²) in [5.74, 6) is 0. The molecule has 1 unspecified atom stereocenters. The quantitative estimate of drug-likeness (QED) is 0.852. The molecule has 0 aliphatic carbocycles. The van der Waals surface area contributed by atoms with E-state index in [4.69, 9.17) is 23.2 Å². The van der Waals surface area contributed by atoms with Crippen molar-refractivity contribution in [3.8, 4) is 0 Å². The summed E-state index contributed by atoms with van der Waals surface area (Å²) in [5, 5.41) is 13.8. The van der Waals surface area contributed by atoms with Gasteiger partial charge in [0.1, 0.15) is 0 Å². The maximum Gasteiger partial charge on any atom is 0.0636 e. The average molecular weight is 262 g/mol. The highest BCUT2D eigenvalue weighted by Crippen LogP contribution is 2.31. The molecule has 0 saturated heterocycles. The van der Waals surface area contributed by atoms with E-state index in [1.165, 1.54) is 0 Å². The minimum Gasteiger partial charge on any atom is -0.392 e. The van der Waals surface area contributed by atoms with Gasteiger partial charge in [0.2, 0.25) is 0 Å². The van der Waals surface area contributed by atoms with Crippen LogP contribution in [-0.4, -0.2) is 17.8 Å². The van der Waals surface area contributed by atoms with Gasteiger partial charge in [-0.15, -0.1) is 0 Å². The van der Waals surface area contributed by atoms with Crippen LogP contribution in [0.4, 0.5) is 0 Å². The lowest BCUT2D eigenvalue weighted by Crippen LogP contribution is -2.28. The SMILES string of the molecule is CCC(NC[C@H](C)O)c1c(Cl)cccc1Cl. The van der Waals surface area contributed by atoms with Crippen molar-refractivity contribution in [2.24, 2.45) is 0 Å². The molecule has 0 radical (unpaired) electrons. The van der Waals surface area contributed by atoms with Gasteiger partial charge in [-0.25, -0.2) is 0 Å². The lowest BCUT2D eigenvalue weighted by molar-refractivity contribution is 0.185. The first-order valence-electron chi connectivity index (χ1n) is 5.41. The van der Waals surface area contributed by atoms with Crippen molar-refractivity contribution < 1.29 is 5.11 Å². The predicted molar refractivity (Wildman–Crippen MR) is 69.2 cm³/mol. The van der Waals surface area contributed by atoms with E-state index in [0.29, 0.717) is 16.6 Å². The summed E-state index contributed by atoms with van der Waals surface area (Å²) < 4.78 is 0. The van der Waals surface area contributed by atoms with E-state index in [9.17, 15) is 5.11 Å². The van der Waals surface area contributed by atoms with Crippen molar-refractivity contribution in [3.63, 3.8) is 0 Å². The number of rotatable bonds is 5. The molecule has 0 heterocycles. The molecular formula is C12H17Cl2NO. The van der Waals surface area contributed by atoms with Crippen molar-refractivity contribution in [2.75, 3.05) is 6.54 Å². The van der Waals surface area contributed by atoms with Gasteiger partial charge in [0, 0.05) is 28.2 Å². The molecule has 0 aliphatic heterocycles. The Hall–Kier alpha value is -0.280. The minimum absolute atomic E-state index is 0.0794. The molecular weight excluding hydrogens is 245 g/mol. The zero-order valence-corrected chi connectivity index (χ0v) is 11.0. The van der Waals surface area contributed by atoms with Gasteiger partial charge in [-0.2, -0.15) is 0 Å². The molecule has 0 fully saturated rings. The Morgan fingerprint density at radius 2 is 1.88 bits per heavy atom. The van der Waals surface area contributed by atoms with Crippen molar-refractivity contribution in [1.82, 2.24) is 5.32 Å². The largest absolute Gasteiger partial charge is 0.392 e. The third-order valence-electron chi connectivity index (χ3n) is 2.42. The number of aliphatic hydroxyl groups is 1. The zero-order chi connectivity index (χ0) is 12.1. The number of aliphatic hydroxyl groups excluding tert-OH is 1. The normalized spacial score (nSPS) is 14.8. The van der Waals surface area contributed by atoms with Crippen molar-refractivity contribution in [1.29, 1.82) is 0 Å². The fraction of sp³-hybridized carbons (Fsp3) is 0.500. The second kappa shape index (κ2) is 6.45. The third-order valence-corrected chi connectivity index (χ3v) is 3.08. The van der Waals surface area contributed by atoms with Crippen LogP contribution >= 0.6 is 23.2 Å². The van der Waals surface area contributed by atoms with Crippen LogP contribution in [-0.2, 0) is 0 Å². The van der Waals surface area contributed by atoms with Gasteiger partial charge in [0.15, 0.2) is 0 Å². The van der Waals surface area contributed by atoms with Gasteiger partial charge in [-0.3, -0.25) is 0 Å². The highest BCUT2D eigenvalue weighted by molar-refractivity contribution is 6.36. The lowest BCUT2D eigenvalue weighted by Gasteiger charge is -2.20. The fourth-order valence-electron chi connectivity index (χ4n) is 1.61. The highest BCUT2D eigenvalue weighted by atomic mass is 35.5. The predicted octanol–water partition coefficient (Wildman–Crippen LogP) is 3.41. The summed E-state index contributed by atoms with van der Waals surface area (Å²) in [5.41, 5.74) is 0.911. The first-order valence-corrected chi connectivity index (χ1v) is 6.17. The molecule has 1 aromatic carbocycles. The molecule has 0 saturated carbocycles. The second-order valence-corrected chi connectivity index (χ2v) is 4.67. The number of hydrogen-bond acceptors (Lipinski definition) is 2. The minimum atomic E-state index is -0.379. The Morgan fingerprint density at radius 1 is 1.31 bits per heavy atom. The Balaban J connectivity index is 2.86. The van der Waals surface area contributed by atoms with E-state index in [0.717, 1.165) is 12.0 Å². The molecule has 4 heteroatoms. The zero-order valence-electron chi connectivity index (χ0n) is 9.50. The highest BCUT2D eigenvalue weighted by Gasteiger charge is 2.16. The fourth-order valence-corrected chi connectivity index (χ4v) is 2.27. The Labute approximate surface area is 107 Å². The second-order valence-electron chi connectivity index (χ2n) is 3.85. The van der Waals surface area contributed by atoms with Gasteiger partial charge >= 0.3 is 0 Å². The standard InChI is InChI=1S/C12H17Cl2NO/c1-3-11(15-7-8(2)16)12-9(13)5-4-6-10(12)14/h4-6,8,11,15-16H,3,7H2,1-2H3/t8-,11?/m0/s1. The summed E-state index contributed by atoms with van der Waals surface area (Å²) in [6.45, 7) is 4.33. The van der Waals surface area contributed by atoms with E-state index >= 15 is 0 Å². The first kappa shape index (κ1) is 13.8. The summed E-state index contributed by atoms with van der Waals surface area (Å²) in [6.07, 6.45) is 0.492. The monoisotopic (exact) mass is 261 g/mol. The number of hydrogen-bond donors (Lipinski definition) is 2. The van der Waals surface area contributed by atoms with E-state index < -0.39 is 0 Å². The number of halogens is 2. The van der Waals surface area contributed by atoms with Crippen LogP contribution in [0.5, 0.6) is 0 Å². The molecule has 0 amide bonds. The molecule has 2 nitrogen and oxygen atoms in total. The van der Waals surface area contributed by atoms with Gasteiger partial charge < -0.3 is 10.4 Å². The van der Waals surface area contributed by atoms with Gasteiger partial charge in [-0.1, -0.05) is 36.2 Å². The van der Waals surface area contributed by atoms with E-state index in [2.05, 4.69) is 12.2 Å².